The number of nitrogens with two attached hydrogens (primary N) is 2. The van der Waals surface area contributed by atoms with E-state index in [1.54, 1.807) is 6.07 Å². The summed E-state index contributed by atoms with van der Waals surface area (Å²) in [7, 11) is 0. The first kappa shape index (κ1) is 16.2. The van der Waals surface area contributed by atoms with Crippen LogP contribution in [-0.4, -0.2) is 48.3 Å². The molecule has 20 heavy (non-hydrogen) atoms. The molecule has 0 aliphatic carbocycles. The first-order chi connectivity index (χ1) is 9.54. The Morgan fingerprint density at radius 2 is 1.95 bits per heavy atom. The zero-order chi connectivity index (χ0) is 15.0. The minimum absolute atomic E-state index is 0.197. The first-order valence-electron chi connectivity index (χ1n) is 6.49. The van der Waals surface area contributed by atoms with Gasteiger partial charge in [-0.3, -0.25) is 4.79 Å². The number of rotatable bonds is 8. The number of hydrogen-bond acceptors (Lipinski definition) is 6. The van der Waals surface area contributed by atoms with Crippen molar-refractivity contribution in [1.82, 2.24) is 10.6 Å². The molecule has 112 valence electrons. The quantitative estimate of drug-likeness (QED) is 0.257. The molecule has 0 saturated heterocycles. The van der Waals surface area contributed by atoms with Crippen molar-refractivity contribution in [2.45, 2.75) is 12.5 Å². The number of phenols is 2. The van der Waals surface area contributed by atoms with Crippen molar-refractivity contribution in [2.24, 2.45) is 11.5 Å². The van der Waals surface area contributed by atoms with Gasteiger partial charge in [0.25, 0.3) is 0 Å². The van der Waals surface area contributed by atoms with Crippen LogP contribution in [0.1, 0.15) is 5.56 Å². The van der Waals surface area contributed by atoms with E-state index in [9.17, 15) is 15.0 Å². The topological polar surface area (TPSA) is 134 Å². The number of phenolic OH excluding ortho intramolecular Hbond substituents is 2. The van der Waals surface area contributed by atoms with Crippen molar-refractivity contribution in [3.8, 4) is 11.5 Å². The van der Waals surface area contributed by atoms with Crippen LogP contribution in [0.15, 0.2) is 18.2 Å². The maximum absolute atomic E-state index is 11.7. The molecule has 0 aliphatic rings. The van der Waals surface area contributed by atoms with Crippen molar-refractivity contribution < 1.29 is 15.0 Å². The molecule has 1 amide bonds. The third-order valence-corrected chi connectivity index (χ3v) is 2.75. The van der Waals surface area contributed by atoms with Gasteiger partial charge in [0.2, 0.25) is 5.91 Å². The van der Waals surface area contributed by atoms with Crippen LogP contribution >= 0.6 is 0 Å². The molecule has 8 N–H and O–H groups in total. The van der Waals surface area contributed by atoms with Gasteiger partial charge >= 0.3 is 0 Å². The van der Waals surface area contributed by atoms with Crippen LogP contribution < -0.4 is 22.1 Å². The molecule has 0 spiro atoms. The van der Waals surface area contributed by atoms with Crippen molar-refractivity contribution in [1.29, 1.82) is 0 Å². The van der Waals surface area contributed by atoms with Gasteiger partial charge in [0.15, 0.2) is 11.5 Å². The number of benzene rings is 1. The summed E-state index contributed by atoms with van der Waals surface area (Å²) in [4.78, 5) is 11.7. The summed E-state index contributed by atoms with van der Waals surface area (Å²) in [6.07, 6.45) is 0.288. The van der Waals surface area contributed by atoms with E-state index in [0.29, 0.717) is 31.7 Å². The fourth-order valence-electron chi connectivity index (χ4n) is 1.67. The fourth-order valence-corrected chi connectivity index (χ4v) is 1.67. The number of carbonyl (C=O) groups excluding carboxylic acids is 1. The Kier molecular flexibility index (Phi) is 6.78. The maximum atomic E-state index is 11.7. The molecule has 0 saturated carbocycles. The van der Waals surface area contributed by atoms with Gasteiger partial charge in [0.1, 0.15) is 0 Å². The molecule has 0 aliphatic heterocycles. The summed E-state index contributed by atoms with van der Waals surface area (Å²) in [6, 6.07) is 3.68. The predicted octanol–water partition coefficient (Wildman–Crippen LogP) is -1.37. The van der Waals surface area contributed by atoms with E-state index >= 15 is 0 Å². The molecule has 1 aromatic carbocycles. The molecule has 7 heteroatoms. The second-order valence-electron chi connectivity index (χ2n) is 4.46. The summed E-state index contributed by atoms with van der Waals surface area (Å²) in [5, 5.41) is 24.3. The smallest absolute Gasteiger partial charge is 0.237 e. The minimum atomic E-state index is -0.701. The summed E-state index contributed by atoms with van der Waals surface area (Å²) in [5.74, 6) is -0.675. The summed E-state index contributed by atoms with van der Waals surface area (Å²) < 4.78 is 0. The highest BCUT2D eigenvalue weighted by Crippen LogP contribution is 2.25. The average Bonchev–Trinajstić information content (AvgIpc) is 2.42. The van der Waals surface area contributed by atoms with E-state index in [0.717, 1.165) is 0 Å². The van der Waals surface area contributed by atoms with E-state index in [1.807, 2.05) is 0 Å². The highest BCUT2D eigenvalue weighted by Gasteiger charge is 2.14. The Labute approximate surface area is 118 Å². The third-order valence-electron chi connectivity index (χ3n) is 2.75. The zero-order valence-electron chi connectivity index (χ0n) is 11.3. The van der Waals surface area contributed by atoms with Crippen LogP contribution in [0.5, 0.6) is 11.5 Å². The molecule has 7 nitrogen and oxygen atoms in total. The monoisotopic (exact) mass is 282 g/mol. The number of amides is 1. The van der Waals surface area contributed by atoms with Gasteiger partial charge in [0, 0.05) is 26.2 Å². The number of aromatic hydroxyl groups is 2. The predicted molar refractivity (Wildman–Crippen MR) is 76.4 cm³/mol. The van der Waals surface area contributed by atoms with Gasteiger partial charge in [-0.2, -0.15) is 0 Å². The number of carbonyl (C=O) groups is 1. The van der Waals surface area contributed by atoms with Gasteiger partial charge < -0.3 is 32.3 Å². The van der Waals surface area contributed by atoms with Crippen LogP contribution in [0.3, 0.4) is 0 Å². The summed E-state index contributed by atoms with van der Waals surface area (Å²) >= 11 is 0. The second kappa shape index (κ2) is 8.36. The Hall–Kier alpha value is -1.83. The van der Waals surface area contributed by atoms with E-state index in [2.05, 4.69) is 10.6 Å². The van der Waals surface area contributed by atoms with Gasteiger partial charge in [0.05, 0.1) is 6.04 Å². The van der Waals surface area contributed by atoms with Crippen molar-refractivity contribution >= 4 is 5.91 Å². The Balaban J connectivity index is 2.35. The van der Waals surface area contributed by atoms with Crippen LogP contribution in [-0.2, 0) is 11.2 Å². The molecular weight excluding hydrogens is 260 g/mol. The molecule has 1 rings (SSSR count). The summed E-state index contributed by atoms with van der Waals surface area (Å²) in [6.45, 7) is 2.37. The zero-order valence-corrected chi connectivity index (χ0v) is 11.3. The second-order valence-corrected chi connectivity index (χ2v) is 4.46. The number of hydrogen-bond donors (Lipinski definition) is 6. The molecule has 0 fully saturated rings. The molecule has 1 atom stereocenters. The molecule has 0 heterocycles. The Morgan fingerprint density at radius 1 is 1.20 bits per heavy atom. The molecule has 0 aromatic heterocycles. The highest BCUT2D eigenvalue weighted by atomic mass is 16.3. The van der Waals surface area contributed by atoms with E-state index < -0.39 is 6.04 Å². The lowest BCUT2D eigenvalue weighted by molar-refractivity contribution is -0.122. The van der Waals surface area contributed by atoms with Crippen LogP contribution in [0.25, 0.3) is 0 Å². The van der Waals surface area contributed by atoms with Crippen LogP contribution in [0, 0.1) is 0 Å². The standard InChI is InChI=1S/C13H22N4O3/c14-3-4-16-5-6-17-13(20)10(15)7-9-1-2-11(18)12(19)8-9/h1-2,8,10,16,18-19H,3-7,14-15H2,(H,17,20). The molecule has 0 radical (unpaired) electrons. The SMILES string of the molecule is NCCNCCNC(=O)C(N)Cc1ccc(O)c(O)c1. The fraction of sp³-hybridized carbons (Fsp3) is 0.462. The molecular formula is C13H22N4O3. The number of nitrogens with one attached hydrogen (secondary N) is 2. The van der Waals surface area contributed by atoms with Gasteiger partial charge in [-0.1, -0.05) is 6.07 Å². The molecule has 1 unspecified atom stereocenters. The Bertz CT molecular complexity index is 440. The Morgan fingerprint density at radius 3 is 2.60 bits per heavy atom. The normalized spacial score (nSPS) is 12.1. The summed E-state index contributed by atoms with van der Waals surface area (Å²) in [5.41, 5.74) is 11.8. The lowest BCUT2D eigenvalue weighted by atomic mass is 10.1. The average molecular weight is 282 g/mol. The lowest BCUT2D eigenvalue weighted by Gasteiger charge is -2.13. The maximum Gasteiger partial charge on any atom is 0.237 e. The van der Waals surface area contributed by atoms with Gasteiger partial charge in [-0.25, -0.2) is 0 Å². The first-order valence-corrected chi connectivity index (χ1v) is 6.49. The molecule has 1 aromatic rings. The van der Waals surface area contributed by atoms with Crippen LogP contribution in [0.4, 0.5) is 0 Å². The molecule has 0 bridgehead atoms. The minimum Gasteiger partial charge on any atom is -0.504 e. The van der Waals surface area contributed by atoms with Gasteiger partial charge in [-0.15, -0.1) is 0 Å². The van der Waals surface area contributed by atoms with E-state index in [-0.39, 0.29) is 23.8 Å². The van der Waals surface area contributed by atoms with Crippen molar-refractivity contribution in [3.05, 3.63) is 23.8 Å². The third kappa shape index (κ3) is 5.43. The van der Waals surface area contributed by atoms with Crippen molar-refractivity contribution in [2.75, 3.05) is 26.2 Å². The highest BCUT2D eigenvalue weighted by molar-refractivity contribution is 5.81. The van der Waals surface area contributed by atoms with E-state index in [4.69, 9.17) is 11.5 Å². The largest absolute Gasteiger partial charge is 0.504 e. The van der Waals surface area contributed by atoms with Crippen LogP contribution in [0.2, 0.25) is 0 Å². The van der Waals surface area contributed by atoms with Gasteiger partial charge in [-0.05, 0) is 24.1 Å². The lowest BCUT2D eigenvalue weighted by Crippen LogP contribution is -2.44. The van der Waals surface area contributed by atoms with Crippen molar-refractivity contribution in [3.63, 3.8) is 0 Å². The van der Waals surface area contributed by atoms with E-state index in [1.165, 1.54) is 12.1 Å².